The van der Waals surface area contributed by atoms with E-state index in [1.165, 1.54) is 0 Å². The van der Waals surface area contributed by atoms with Gasteiger partial charge in [0, 0.05) is 12.6 Å². The zero-order chi connectivity index (χ0) is 15.4. The summed E-state index contributed by atoms with van der Waals surface area (Å²) in [6.07, 6.45) is 0.799. The predicted molar refractivity (Wildman–Crippen MR) is 71.3 cm³/mol. The topological polar surface area (TPSA) is 73.6 Å². The summed E-state index contributed by atoms with van der Waals surface area (Å²) in [4.78, 5) is 9.66. The van der Waals surface area contributed by atoms with Gasteiger partial charge >= 0.3 is 0 Å². The third-order valence-corrected chi connectivity index (χ3v) is 3.10. The lowest BCUT2D eigenvalue weighted by molar-refractivity contribution is -0.385. The molecule has 116 valence electrons. The minimum Gasteiger partial charge on any atom is -0.379 e. The van der Waals surface area contributed by atoms with Crippen LogP contribution in [0.3, 0.4) is 0 Å². The van der Waals surface area contributed by atoms with Gasteiger partial charge in [0.15, 0.2) is 11.6 Å². The number of nitrogens with zero attached hydrogens (tertiary/aromatic N) is 1. The van der Waals surface area contributed by atoms with E-state index in [0.29, 0.717) is 25.3 Å². The molecule has 1 heterocycles. The highest BCUT2D eigenvalue weighted by atomic mass is 19.1. The lowest BCUT2D eigenvalue weighted by Crippen LogP contribution is -2.26. The van der Waals surface area contributed by atoms with E-state index in [0.717, 1.165) is 6.42 Å². The molecule has 1 fully saturated rings. The Labute approximate surface area is 120 Å². The van der Waals surface area contributed by atoms with Gasteiger partial charge in [-0.25, -0.2) is 8.78 Å². The van der Waals surface area contributed by atoms with Crippen molar-refractivity contribution in [3.8, 4) is 0 Å². The van der Waals surface area contributed by atoms with Crippen molar-refractivity contribution in [2.45, 2.75) is 25.5 Å². The van der Waals surface area contributed by atoms with Crippen molar-refractivity contribution < 1.29 is 23.2 Å². The Balaban J connectivity index is 1.96. The second kappa shape index (κ2) is 6.77. The molecule has 6 nitrogen and oxygen atoms in total. The maximum absolute atomic E-state index is 13.7. The summed E-state index contributed by atoms with van der Waals surface area (Å²) in [6.45, 7) is 3.13. The molecule has 1 saturated heterocycles. The van der Waals surface area contributed by atoms with Gasteiger partial charge in [-0.3, -0.25) is 10.1 Å². The Bertz CT molecular complexity index is 498. The Hall–Kier alpha value is -1.80. The van der Waals surface area contributed by atoms with Crippen LogP contribution < -0.4 is 5.32 Å². The van der Waals surface area contributed by atoms with E-state index in [2.05, 4.69) is 5.32 Å². The van der Waals surface area contributed by atoms with E-state index in [-0.39, 0.29) is 24.4 Å². The standard InChI is InChI=1S/C13H16F2N2O4/c1-8(6-21-10-2-3-20-7-10)16-13-11(14)4-9(17(18)19)5-12(13)15/h4-5,8,10,16H,2-3,6-7H2,1H3. The summed E-state index contributed by atoms with van der Waals surface area (Å²) in [6, 6.07) is 1.02. The normalized spacial score (nSPS) is 19.5. The SMILES string of the molecule is CC(COC1CCOC1)Nc1c(F)cc([N+](=O)[O-])cc1F. The van der Waals surface area contributed by atoms with Crippen LogP contribution in [0.2, 0.25) is 0 Å². The van der Waals surface area contributed by atoms with E-state index in [9.17, 15) is 18.9 Å². The molecular weight excluding hydrogens is 286 g/mol. The third kappa shape index (κ3) is 4.08. The first-order valence-electron chi connectivity index (χ1n) is 6.56. The number of nitro groups is 1. The Morgan fingerprint density at radius 2 is 2.19 bits per heavy atom. The minimum absolute atomic E-state index is 0.000745. The second-order valence-electron chi connectivity index (χ2n) is 4.91. The quantitative estimate of drug-likeness (QED) is 0.645. The highest BCUT2D eigenvalue weighted by Crippen LogP contribution is 2.25. The average Bonchev–Trinajstić information content (AvgIpc) is 2.93. The van der Waals surface area contributed by atoms with Crippen LogP contribution in [-0.2, 0) is 9.47 Å². The molecule has 1 aliphatic rings. The predicted octanol–water partition coefficient (Wildman–Crippen LogP) is 2.48. The monoisotopic (exact) mass is 302 g/mol. The van der Waals surface area contributed by atoms with Crippen molar-refractivity contribution >= 4 is 11.4 Å². The summed E-state index contributed by atoms with van der Waals surface area (Å²) in [5.41, 5.74) is -1.01. The molecule has 2 rings (SSSR count). The fourth-order valence-corrected chi connectivity index (χ4v) is 2.02. The molecule has 1 aromatic rings. The molecular formula is C13H16F2N2O4. The van der Waals surface area contributed by atoms with Gasteiger partial charge in [0.2, 0.25) is 0 Å². The molecule has 1 aromatic carbocycles. The highest BCUT2D eigenvalue weighted by molar-refractivity contribution is 5.52. The van der Waals surface area contributed by atoms with Gasteiger partial charge in [0.25, 0.3) is 5.69 Å². The number of nitrogens with one attached hydrogen (secondary N) is 1. The van der Waals surface area contributed by atoms with Gasteiger partial charge in [0.05, 0.1) is 36.4 Å². The van der Waals surface area contributed by atoms with Crippen LogP contribution in [0.25, 0.3) is 0 Å². The molecule has 0 bridgehead atoms. The zero-order valence-electron chi connectivity index (χ0n) is 11.5. The number of rotatable bonds is 6. The van der Waals surface area contributed by atoms with Crippen LogP contribution in [0.4, 0.5) is 20.2 Å². The largest absolute Gasteiger partial charge is 0.379 e. The number of halogens is 2. The molecule has 0 aliphatic carbocycles. The van der Waals surface area contributed by atoms with Gasteiger partial charge < -0.3 is 14.8 Å². The first-order valence-corrected chi connectivity index (χ1v) is 6.56. The first kappa shape index (κ1) is 15.6. The summed E-state index contributed by atoms with van der Waals surface area (Å²) < 4.78 is 38.1. The molecule has 1 aliphatic heterocycles. The van der Waals surface area contributed by atoms with Crippen LogP contribution in [0.1, 0.15) is 13.3 Å². The molecule has 0 radical (unpaired) electrons. The molecule has 2 unspecified atom stereocenters. The minimum atomic E-state index is -1.00. The van der Waals surface area contributed by atoms with Crippen molar-refractivity contribution in [1.29, 1.82) is 0 Å². The van der Waals surface area contributed by atoms with Gasteiger partial charge in [-0.15, -0.1) is 0 Å². The van der Waals surface area contributed by atoms with Crippen LogP contribution in [-0.4, -0.2) is 36.9 Å². The number of ether oxygens (including phenoxy) is 2. The fraction of sp³-hybridized carbons (Fsp3) is 0.538. The highest BCUT2D eigenvalue weighted by Gasteiger charge is 2.20. The molecule has 0 aromatic heterocycles. The lowest BCUT2D eigenvalue weighted by Gasteiger charge is -2.18. The molecule has 1 N–H and O–H groups in total. The van der Waals surface area contributed by atoms with Gasteiger partial charge in [-0.2, -0.15) is 0 Å². The Kier molecular flexibility index (Phi) is 5.03. The zero-order valence-corrected chi connectivity index (χ0v) is 11.5. The lowest BCUT2D eigenvalue weighted by atomic mass is 10.2. The molecule has 0 spiro atoms. The fourth-order valence-electron chi connectivity index (χ4n) is 2.02. The Morgan fingerprint density at radius 3 is 2.71 bits per heavy atom. The van der Waals surface area contributed by atoms with Gasteiger partial charge in [-0.05, 0) is 13.3 Å². The first-order chi connectivity index (χ1) is 9.97. The van der Waals surface area contributed by atoms with E-state index in [1.54, 1.807) is 6.92 Å². The maximum Gasteiger partial charge on any atom is 0.275 e. The number of hydrogen-bond acceptors (Lipinski definition) is 5. The van der Waals surface area contributed by atoms with Crippen molar-refractivity contribution in [2.24, 2.45) is 0 Å². The van der Waals surface area contributed by atoms with E-state index in [1.807, 2.05) is 0 Å². The summed E-state index contributed by atoms with van der Waals surface area (Å²) in [5.74, 6) is -2.00. The molecule has 0 saturated carbocycles. The molecule has 0 amide bonds. The summed E-state index contributed by atoms with van der Waals surface area (Å²) >= 11 is 0. The molecule has 2 atom stereocenters. The van der Waals surface area contributed by atoms with Crippen LogP contribution in [0.5, 0.6) is 0 Å². The van der Waals surface area contributed by atoms with E-state index < -0.39 is 22.2 Å². The van der Waals surface area contributed by atoms with Gasteiger partial charge in [-0.1, -0.05) is 0 Å². The molecule has 8 heteroatoms. The number of hydrogen-bond donors (Lipinski definition) is 1. The van der Waals surface area contributed by atoms with Crippen molar-refractivity contribution in [3.05, 3.63) is 33.9 Å². The van der Waals surface area contributed by atoms with E-state index >= 15 is 0 Å². The van der Waals surface area contributed by atoms with Crippen molar-refractivity contribution in [2.75, 3.05) is 25.1 Å². The summed E-state index contributed by atoms with van der Waals surface area (Å²) in [7, 11) is 0. The Morgan fingerprint density at radius 1 is 1.52 bits per heavy atom. The number of anilines is 1. The van der Waals surface area contributed by atoms with Crippen LogP contribution in [0.15, 0.2) is 12.1 Å². The van der Waals surface area contributed by atoms with Crippen LogP contribution >= 0.6 is 0 Å². The van der Waals surface area contributed by atoms with Crippen LogP contribution in [0, 0.1) is 21.7 Å². The van der Waals surface area contributed by atoms with Gasteiger partial charge in [0.1, 0.15) is 5.69 Å². The molecule has 21 heavy (non-hydrogen) atoms. The average molecular weight is 302 g/mol. The van der Waals surface area contributed by atoms with Crippen molar-refractivity contribution in [1.82, 2.24) is 0 Å². The maximum atomic E-state index is 13.7. The van der Waals surface area contributed by atoms with Crippen molar-refractivity contribution in [3.63, 3.8) is 0 Å². The second-order valence-corrected chi connectivity index (χ2v) is 4.91. The van der Waals surface area contributed by atoms with E-state index in [4.69, 9.17) is 9.47 Å². The number of nitro benzene ring substituents is 1. The number of benzene rings is 1. The third-order valence-electron chi connectivity index (χ3n) is 3.10. The summed E-state index contributed by atoms with van der Waals surface area (Å²) in [5, 5.41) is 13.1. The smallest absolute Gasteiger partial charge is 0.275 e. The number of non-ortho nitro benzene ring substituents is 1.